The Balaban J connectivity index is 1.45. The first-order valence-corrected chi connectivity index (χ1v) is 10.7. The molecule has 0 amide bonds. The Kier molecular flexibility index (Phi) is 5.29. The van der Waals surface area contributed by atoms with Crippen molar-refractivity contribution in [2.24, 2.45) is 5.41 Å². The lowest BCUT2D eigenvalue weighted by molar-refractivity contribution is 0.0770. The molecule has 0 bridgehead atoms. The van der Waals surface area contributed by atoms with Gasteiger partial charge in [-0.05, 0) is 73.5 Å². The lowest BCUT2D eigenvalue weighted by atomic mass is 9.79. The van der Waals surface area contributed by atoms with Gasteiger partial charge in [-0.15, -0.1) is 0 Å². The number of piperidine rings is 1. The maximum atomic E-state index is 9.77. The molecule has 1 aliphatic carbocycles. The minimum Gasteiger partial charge on any atom is -0.393 e. The third-order valence-electron chi connectivity index (χ3n) is 6.44. The summed E-state index contributed by atoms with van der Waals surface area (Å²) in [7, 11) is 0. The summed E-state index contributed by atoms with van der Waals surface area (Å²) in [6.45, 7) is 4.55. The Bertz CT molecular complexity index is 623. The van der Waals surface area contributed by atoms with Gasteiger partial charge in [0, 0.05) is 41.8 Å². The van der Waals surface area contributed by atoms with Crippen molar-refractivity contribution in [2.75, 3.05) is 31.1 Å². The first kappa shape index (κ1) is 18.0. The number of hydrogen-bond donors (Lipinski definition) is 1. The molecule has 0 radical (unpaired) electrons. The maximum Gasteiger partial charge on any atom is 0.152 e. The zero-order valence-electron chi connectivity index (χ0n) is 14.6. The van der Waals surface area contributed by atoms with E-state index in [0.717, 1.165) is 48.9 Å². The van der Waals surface area contributed by atoms with Crippen LogP contribution in [0.5, 0.6) is 0 Å². The number of nitrogens with zero attached hydrogens (tertiary/aromatic N) is 3. The number of hydrogen-bond acceptors (Lipinski definition) is 4. The van der Waals surface area contributed by atoms with E-state index in [2.05, 4.69) is 36.8 Å². The van der Waals surface area contributed by atoms with Crippen molar-refractivity contribution in [1.82, 2.24) is 9.88 Å². The van der Waals surface area contributed by atoms with Gasteiger partial charge in [0.25, 0.3) is 0 Å². The molecule has 2 saturated heterocycles. The summed E-state index contributed by atoms with van der Waals surface area (Å²) >= 11 is 9.91. The Hall–Kier alpha value is -0.360. The number of aromatic nitrogens is 1. The van der Waals surface area contributed by atoms with Gasteiger partial charge in [-0.25, -0.2) is 4.98 Å². The third-order valence-corrected chi connectivity index (χ3v) is 7.16. The largest absolute Gasteiger partial charge is 0.393 e. The SMILES string of the molecule is OC1CCC(N2CC[C@]3(CCCN(c4cc(Br)cnc4Cl)C3)C2)CC1. The molecule has 2 aliphatic heterocycles. The van der Waals surface area contributed by atoms with Crippen molar-refractivity contribution in [3.05, 3.63) is 21.9 Å². The topological polar surface area (TPSA) is 39.6 Å². The summed E-state index contributed by atoms with van der Waals surface area (Å²) in [6.07, 6.45) is 9.77. The standard InChI is InChI=1S/C19H27BrClN3O/c20-14-10-17(18(21)22-11-14)24-8-1-6-19(13-24)7-9-23(12-19)15-2-4-16(25)5-3-15/h10-11,15-16,25H,1-9,12-13H2/t15?,16?,19-/m1/s1. The van der Waals surface area contributed by atoms with Crippen LogP contribution in [0.25, 0.3) is 0 Å². The van der Waals surface area contributed by atoms with E-state index in [1.54, 1.807) is 6.20 Å². The molecule has 1 N–H and O–H groups in total. The maximum absolute atomic E-state index is 9.77. The van der Waals surface area contributed by atoms with E-state index in [1.807, 2.05) is 0 Å². The van der Waals surface area contributed by atoms with Gasteiger partial charge in [0.05, 0.1) is 11.8 Å². The van der Waals surface area contributed by atoms with Crippen molar-refractivity contribution < 1.29 is 5.11 Å². The lowest BCUT2D eigenvalue weighted by Crippen LogP contribution is -2.46. The number of aliphatic hydroxyl groups is 1. The van der Waals surface area contributed by atoms with Crippen LogP contribution in [0.2, 0.25) is 5.15 Å². The van der Waals surface area contributed by atoms with E-state index in [-0.39, 0.29) is 6.10 Å². The van der Waals surface area contributed by atoms with Crippen LogP contribution >= 0.6 is 27.5 Å². The van der Waals surface area contributed by atoms with Crippen molar-refractivity contribution >= 4 is 33.2 Å². The first-order chi connectivity index (χ1) is 12.0. The molecule has 3 heterocycles. The van der Waals surface area contributed by atoms with E-state index < -0.39 is 0 Å². The molecular weight excluding hydrogens is 402 g/mol. The molecule has 0 unspecified atom stereocenters. The zero-order valence-corrected chi connectivity index (χ0v) is 17.0. The van der Waals surface area contributed by atoms with Crippen molar-refractivity contribution in [1.29, 1.82) is 0 Å². The van der Waals surface area contributed by atoms with Crippen LogP contribution in [-0.2, 0) is 0 Å². The number of likely N-dealkylation sites (tertiary alicyclic amines) is 1. The average molecular weight is 429 g/mol. The van der Waals surface area contributed by atoms with Gasteiger partial charge in [-0.3, -0.25) is 4.90 Å². The monoisotopic (exact) mass is 427 g/mol. The molecule has 1 atom stereocenters. The summed E-state index contributed by atoms with van der Waals surface area (Å²) < 4.78 is 0.986. The fourth-order valence-electron chi connectivity index (χ4n) is 5.09. The molecule has 6 heteroatoms. The second kappa shape index (κ2) is 7.34. The Morgan fingerprint density at radius 3 is 2.76 bits per heavy atom. The smallest absolute Gasteiger partial charge is 0.152 e. The molecule has 25 heavy (non-hydrogen) atoms. The van der Waals surface area contributed by atoms with Crippen LogP contribution in [0.15, 0.2) is 16.7 Å². The average Bonchev–Trinajstić information content (AvgIpc) is 3.01. The van der Waals surface area contributed by atoms with Gasteiger partial charge >= 0.3 is 0 Å². The predicted octanol–water partition coefficient (Wildman–Crippen LogP) is 4.09. The molecule has 1 saturated carbocycles. The molecule has 1 spiro atoms. The molecule has 138 valence electrons. The van der Waals surface area contributed by atoms with Crippen molar-refractivity contribution in [3.63, 3.8) is 0 Å². The highest BCUT2D eigenvalue weighted by molar-refractivity contribution is 9.10. The van der Waals surface area contributed by atoms with Crippen molar-refractivity contribution in [3.8, 4) is 0 Å². The third kappa shape index (κ3) is 3.85. The van der Waals surface area contributed by atoms with Crippen LogP contribution in [-0.4, -0.2) is 53.3 Å². The van der Waals surface area contributed by atoms with Gasteiger partial charge in [0.15, 0.2) is 5.15 Å². The van der Waals surface area contributed by atoms with Gasteiger partial charge in [-0.2, -0.15) is 0 Å². The fraction of sp³-hybridized carbons (Fsp3) is 0.737. The number of halogens is 2. The number of rotatable bonds is 2. The Morgan fingerprint density at radius 1 is 1.16 bits per heavy atom. The highest BCUT2D eigenvalue weighted by atomic mass is 79.9. The van der Waals surface area contributed by atoms with E-state index in [0.29, 0.717) is 16.6 Å². The molecule has 3 fully saturated rings. The summed E-state index contributed by atoms with van der Waals surface area (Å²) in [4.78, 5) is 9.45. The fourth-order valence-corrected chi connectivity index (χ4v) is 5.63. The van der Waals surface area contributed by atoms with E-state index in [1.165, 1.54) is 32.4 Å². The van der Waals surface area contributed by atoms with E-state index >= 15 is 0 Å². The van der Waals surface area contributed by atoms with Crippen LogP contribution < -0.4 is 4.90 Å². The normalized spacial score (nSPS) is 34.0. The molecule has 3 aliphatic rings. The molecule has 4 rings (SSSR count). The van der Waals surface area contributed by atoms with Gasteiger partial charge in [0.2, 0.25) is 0 Å². The van der Waals surface area contributed by atoms with E-state index in [9.17, 15) is 5.11 Å². The second-order valence-electron chi connectivity index (χ2n) is 8.17. The van der Waals surface area contributed by atoms with Crippen molar-refractivity contribution in [2.45, 2.75) is 57.1 Å². The molecular formula is C19H27BrClN3O. The molecule has 1 aromatic heterocycles. The van der Waals surface area contributed by atoms with Crippen LogP contribution in [0.3, 0.4) is 0 Å². The second-order valence-corrected chi connectivity index (χ2v) is 9.45. The minimum atomic E-state index is -0.0656. The van der Waals surface area contributed by atoms with Crippen LogP contribution in [0.1, 0.15) is 44.9 Å². The summed E-state index contributed by atoms with van der Waals surface area (Å²) in [5, 5.41) is 10.4. The summed E-state index contributed by atoms with van der Waals surface area (Å²) in [5.41, 5.74) is 1.45. The number of aliphatic hydroxyl groups excluding tert-OH is 1. The number of anilines is 1. The first-order valence-electron chi connectivity index (χ1n) is 9.53. The summed E-state index contributed by atoms with van der Waals surface area (Å²) in [6, 6.07) is 2.78. The van der Waals surface area contributed by atoms with E-state index in [4.69, 9.17) is 11.6 Å². The minimum absolute atomic E-state index is 0.0656. The predicted molar refractivity (Wildman–Crippen MR) is 105 cm³/mol. The molecule has 0 aromatic carbocycles. The number of pyridine rings is 1. The quantitative estimate of drug-likeness (QED) is 0.720. The lowest BCUT2D eigenvalue weighted by Gasteiger charge is -2.42. The van der Waals surface area contributed by atoms with Crippen LogP contribution in [0, 0.1) is 5.41 Å². The highest BCUT2D eigenvalue weighted by Gasteiger charge is 2.43. The molecule has 1 aromatic rings. The van der Waals surface area contributed by atoms with Gasteiger partial charge < -0.3 is 10.0 Å². The zero-order chi connectivity index (χ0) is 17.4. The summed E-state index contributed by atoms with van der Waals surface area (Å²) in [5.74, 6) is 0. The molecule has 4 nitrogen and oxygen atoms in total. The highest BCUT2D eigenvalue weighted by Crippen LogP contribution is 2.43. The van der Waals surface area contributed by atoms with Gasteiger partial charge in [0.1, 0.15) is 0 Å². The van der Waals surface area contributed by atoms with Gasteiger partial charge in [-0.1, -0.05) is 11.6 Å². The Morgan fingerprint density at radius 2 is 1.96 bits per heavy atom. The Labute approximate surface area is 163 Å². The van der Waals surface area contributed by atoms with Crippen LogP contribution in [0.4, 0.5) is 5.69 Å².